The van der Waals surface area contributed by atoms with E-state index in [-0.39, 0.29) is 128 Å². The van der Waals surface area contributed by atoms with E-state index in [1.54, 1.807) is 42.5 Å². The third-order valence-corrected chi connectivity index (χ3v) is 9.83. The molecule has 0 saturated carbocycles. The zero-order valence-corrected chi connectivity index (χ0v) is 32.7. The van der Waals surface area contributed by atoms with Gasteiger partial charge in [0, 0.05) is 70.1 Å². The molecule has 0 spiro atoms. The Morgan fingerprint density at radius 3 is 1.50 bits per heavy atom. The van der Waals surface area contributed by atoms with Crippen LogP contribution >= 0.6 is 0 Å². The van der Waals surface area contributed by atoms with Gasteiger partial charge in [0.1, 0.15) is 0 Å². The van der Waals surface area contributed by atoms with Crippen LogP contribution in [0.15, 0.2) is 78.9 Å². The second-order valence-electron chi connectivity index (χ2n) is 14.5. The number of aromatic nitrogens is 6. The Bertz CT molecular complexity index is 2640. The molecule has 312 valence electrons. The largest absolute Gasteiger partial charge is 0.478 e. The van der Waals surface area contributed by atoms with Crippen LogP contribution in [0.5, 0.6) is 11.8 Å². The minimum absolute atomic E-state index is 0.0111. The van der Waals surface area contributed by atoms with Crippen molar-refractivity contribution < 1.29 is 43.7 Å². The molecule has 5 N–H and O–H groups in total. The van der Waals surface area contributed by atoms with Gasteiger partial charge in [-0.2, -0.15) is 0 Å². The standard InChI is InChI=1S/C43H36N10O9/c44-4-5-45-41(56)26-10-30-19-53-20-31-11-27(42(57)58)14-37(48-31)34-6-24(8-39(50-34)61-22-54)16-52(18-29-2-1-3-33(46-29)36(13-26)47-30)17-25-7-35(51-40(9-25)62-23-55)38-15-28(43(59)60)12-32(21-53)49-38/h1-3,6-15,22-23H,4-5,16-21,44H2,(H,45,56)(H,57,58)(H,59,60). The van der Waals surface area contributed by atoms with Crippen LogP contribution in [0.4, 0.5) is 0 Å². The number of amides is 1. The van der Waals surface area contributed by atoms with Gasteiger partial charge < -0.3 is 30.7 Å². The average molecular weight is 837 g/mol. The number of nitrogens with two attached hydrogens (primary N) is 1. The summed E-state index contributed by atoms with van der Waals surface area (Å²) in [6.45, 7) is 1.36. The summed E-state index contributed by atoms with van der Waals surface area (Å²) in [6, 6.07) is 20.8. The van der Waals surface area contributed by atoms with Crippen molar-refractivity contribution in [2.24, 2.45) is 5.73 Å². The summed E-state index contributed by atoms with van der Waals surface area (Å²) in [7, 11) is 0. The molecule has 0 aliphatic carbocycles. The number of ether oxygens (including phenoxy) is 2. The Morgan fingerprint density at radius 1 is 0.565 bits per heavy atom. The predicted molar refractivity (Wildman–Crippen MR) is 217 cm³/mol. The zero-order chi connectivity index (χ0) is 43.3. The normalized spacial score (nSPS) is 15.4. The van der Waals surface area contributed by atoms with Gasteiger partial charge in [-0.05, 0) is 71.8 Å². The maximum absolute atomic E-state index is 13.5. The molecule has 0 radical (unpaired) electrons. The number of aromatic carboxylic acids is 2. The summed E-state index contributed by atoms with van der Waals surface area (Å²) >= 11 is 0. The summed E-state index contributed by atoms with van der Waals surface area (Å²) in [5, 5.41) is 23.4. The fourth-order valence-electron chi connectivity index (χ4n) is 7.33. The molecule has 14 bridgehead atoms. The van der Waals surface area contributed by atoms with E-state index in [9.17, 15) is 34.2 Å². The number of carboxylic acid groups (broad SMARTS) is 2. The molecule has 9 heterocycles. The Balaban J connectivity index is 1.42. The van der Waals surface area contributed by atoms with Crippen molar-refractivity contribution >= 4 is 30.8 Å². The molecule has 3 aliphatic rings. The highest BCUT2D eigenvalue weighted by molar-refractivity contribution is 5.95. The Kier molecular flexibility index (Phi) is 11.7. The number of hydrogen-bond donors (Lipinski definition) is 4. The lowest BCUT2D eigenvalue weighted by molar-refractivity contribution is -0.121. The smallest absolute Gasteiger partial charge is 0.335 e. The number of carbonyl (C=O) groups excluding carboxylic acids is 3. The summed E-state index contributed by atoms with van der Waals surface area (Å²) in [4.78, 5) is 94.5. The maximum atomic E-state index is 13.5. The van der Waals surface area contributed by atoms with Crippen LogP contribution in [-0.2, 0) is 48.9 Å². The van der Waals surface area contributed by atoms with Crippen LogP contribution in [0.3, 0.4) is 0 Å². The predicted octanol–water partition coefficient (Wildman–Crippen LogP) is 3.24. The molecule has 1 amide bonds. The van der Waals surface area contributed by atoms with E-state index in [4.69, 9.17) is 35.1 Å². The number of nitrogens with one attached hydrogen (secondary N) is 1. The van der Waals surface area contributed by atoms with Crippen LogP contribution in [0.2, 0.25) is 0 Å². The second kappa shape index (κ2) is 17.8. The number of hydrogen-bond acceptors (Lipinski definition) is 16. The fourth-order valence-corrected chi connectivity index (χ4v) is 7.33. The SMILES string of the molecule is NCCNC(=O)c1cc2nc(c1)-c1cccc(n1)CN1Cc3cc(OC=O)nc(c3)-c3cc(C(=O)O)cc(n3)CN(C2)Cc2cc(C(=O)O)cc(n2)-c2cc(cc(OC=O)n2)C1. The molecule has 19 heteroatoms. The van der Waals surface area contributed by atoms with E-state index < -0.39 is 17.8 Å². The summed E-state index contributed by atoms with van der Waals surface area (Å²) in [5.74, 6) is -2.96. The molecule has 6 aromatic heterocycles. The third-order valence-electron chi connectivity index (χ3n) is 9.83. The first kappa shape index (κ1) is 40.9. The van der Waals surface area contributed by atoms with Crippen LogP contribution < -0.4 is 20.5 Å². The van der Waals surface area contributed by atoms with E-state index in [2.05, 4.69) is 15.3 Å². The van der Waals surface area contributed by atoms with Gasteiger partial charge in [-0.15, -0.1) is 0 Å². The molecule has 0 atom stereocenters. The number of nitrogens with zero attached hydrogens (tertiary/aromatic N) is 8. The summed E-state index contributed by atoms with van der Waals surface area (Å²) in [5.41, 5.74) is 10.2. The lowest BCUT2D eigenvalue weighted by Crippen LogP contribution is -2.29. The van der Waals surface area contributed by atoms with E-state index in [1.807, 2.05) is 21.9 Å². The van der Waals surface area contributed by atoms with Crippen molar-refractivity contribution in [2.45, 2.75) is 39.3 Å². The monoisotopic (exact) mass is 836 g/mol. The molecular weight excluding hydrogens is 801 g/mol. The number of rotatable bonds is 9. The minimum Gasteiger partial charge on any atom is -0.478 e. The Hall–Kier alpha value is -7.87. The lowest BCUT2D eigenvalue weighted by Gasteiger charge is -2.25. The highest BCUT2D eigenvalue weighted by atomic mass is 16.5. The van der Waals surface area contributed by atoms with Gasteiger partial charge in [0.2, 0.25) is 11.8 Å². The molecule has 0 unspecified atom stereocenters. The van der Waals surface area contributed by atoms with Gasteiger partial charge in [-0.25, -0.2) is 39.5 Å². The van der Waals surface area contributed by atoms with Crippen LogP contribution in [0, 0.1) is 0 Å². The van der Waals surface area contributed by atoms with Crippen molar-refractivity contribution in [1.82, 2.24) is 45.0 Å². The van der Waals surface area contributed by atoms with Crippen molar-refractivity contribution in [3.8, 4) is 45.9 Å². The van der Waals surface area contributed by atoms with Gasteiger partial charge in [-0.1, -0.05) is 6.07 Å². The molecule has 0 fully saturated rings. The quantitative estimate of drug-likeness (QED) is 0.152. The maximum Gasteiger partial charge on any atom is 0.335 e. The zero-order valence-electron chi connectivity index (χ0n) is 32.7. The van der Waals surface area contributed by atoms with E-state index in [1.165, 1.54) is 24.3 Å². The van der Waals surface area contributed by atoms with Gasteiger partial charge in [0.05, 0.1) is 68.1 Å². The fraction of sp³-hybridized carbons (Fsp3) is 0.186. The van der Waals surface area contributed by atoms with Crippen LogP contribution in [-0.4, -0.2) is 93.8 Å². The Morgan fingerprint density at radius 2 is 1.00 bits per heavy atom. The van der Waals surface area contributed by atoms with Crippen molar-refractivity contribution in [3.05, 3.63) is 129 Å². The topological polar surface area (TPSA) is 266 Å². The first-order valence-corrected chi connectivity index (χ1v) is 19.1. The number of pyridine rings is 6. The lowest BCUT2D eigenvalue weighted by atomic mass is 10.1. The molecule has 0 aromatic carbocycles. The molecule has 3 aliphatic heterocycles. The van der Waals surface area contributed by atoms with Crippen molar-refractivity contribution in [2.75, 3.05) is 13.1 Å². The first-order valence-electron chi connectivity index (χ1n) is 19.1. The first-order chi connectivity index (χ1) is 30.0. The Labute approximate surface area is 352 Å². The van der Waals surface area contributed by atoms with Gasteiger partial charge in [-0.3, -0.25) is 24.2 Å². The minimum atomic E-state index is -1.24. The molecule has 62 heavy (non-hydrogen) atoms. The number of carboxylic acids is 2. The summed E-state index contributed by atoms with van der Waals surface area (Å²) < 4.78 is 10.5. The highest BCUT2D eigenvalue weighted by Crippen LogP contribution is 2.29. The molecule has 6 aromatic rings. The average Bonchev–Trinajstić information content (AvgIpc) is 3.24. The molecule has 0 saturated heterocycles. The van der Waals surface area contributed by atoms with E-state index in [0.29, 0.717) is 33.9 Å². The molecule has 19 nitrogen and oxygen atoms in total. The second-order valence-corrected chi connectivity index (χ2v) is 14.5. The number of carbonyl (C=O) groups is 5. The summed E-state index contributed by atoms with van der Waals surface area (Å²) in [6.07, 6.45) is 0. The molecule has 9 rings (SSSR count). The van der Waals surface area contributed by atoms with E-state index in [0.717, 1.165) is 0 Å². The van der Waals surface area contributed by atoms with Crippen LogP contribution in [0.1, 0.15) is 65.0 Å². The van der Waals surface area contributed by atoms with Gasteiger partial charge in [0.15, 0.2) is 0 Å². The van der Waals surface area contributed by atoms with Crippen molar-refractivity contribution in [1.29, 1.82) is 0 Å². The van der Waals surface area contributed by atoms with Gasteiger partial charge >= 0.3 is 11.9 Å². The third kappa shape index (κ3) is 9.44. The highest BCUT2D eigenvalue weighted by Gasteiger charge is 2.23. The van der Waals surface area contributed by atoms with Crippen LogP contribution in [0.25, 0.3) is 34.2 Å². The van der Waals surface area contributed by atoms with E-state index >= 15 is 0 Å². The van der Waals surface area contributed by atoms with Gasteiger partial charge in [0.25, 0.3) is 18.9 Å². The van der Waals surface area contributed by atoms with Crippen molar-refractivity contribution in [3.63, 3.8) is 0 Å². The molecular formula is C43H36N10O9.